The maximum absolute atomic E-state index is 6.15. The summed E-state index contributed by atoms with van der Waals surface area (Å²) in [7, 11) is 0. The van der Waals surface area contributed by atoms with Crippen molar-refractivity contribution in [1.29, 1.82) is 0 Å². The molecule has 0 spiro atoms. The van der Waals surface area contributed by atoms with Gasteiger partial charge in [0.05, 0.1) is 5.02 Å². The van der Waals surface area contributed by atoms with Crippen LogP contribution in [0.4, 0.5) is 0 Å². The summed E-state index contributed by atoms with van der Waals surface area (Å²) in [5.74, 6) is 0.562. The number of hydrogen-bond acceptors (Lipinski definition) is 0. The van der Waals surface area contributed by atoms with Crippen molar-refractivity contribution in [3.05, 3.63) is 35.0 Å². The summed E-state index contributed by atoms with van der Waals surface area (Å²) < 4.78 is 0. The van der Waals surface area contributed by atoms with Crippen LogP contribution in [-0.4, -0.2) is 4.98 Å². The number of aromatic nitrogens is 1. The minimum atomic E-state index is 0.562. The highest BCUT2D eigenvalue weighted by Gasteiger charge is 2.10. The number of halogens is 1. The molecule has 1 heterocycles. The van der Waals surface area contributed by atoms with Gasteiger partial charge in [-0.15, -0.1) is 0 Å². The molecular formula is C12H14ClN. The van der Waals surface area contributed by atoms with E-state index in [1.165, 1.54) is 10.9 Å². The van der Waals surface area contributed by atoms with E-state index in [4.69, 9.17) is 11.6 Å². The second kappa shape index (κ2) is 3.66. The zero-order valence-corrected chi connectivity index (χ0v) is 9.23. The van der Waals surface area contributed by atoms with E-state index in [0.29, 0.717) is 5.92 Å². The van der Waals surface area contributed by atoms with E-state index in [2.05, 4.69) is 37.0 Å². The fraction of sp³-hybridized carbons (Fsp3) is 0.333. The van der Waals surface area contributed by atoms with Gasteiger partial charge in [-0.2, -0.15) is 0 Å². The molecule has 1 N–H and O–H groups in total. The highest BCUT2D eigenvalue weighted by Crippen LogP contribution is 2.32. The lowest BCUT2D eigenvalue weighted by Crippen LogP contribution is -1.91. The highest BCUT2D eigenvalue weighted by atomic mass is 35.5. The first-order chi connectivity index (χ1) is 6.74. The molecule has 0 bridgehead atoms. The van der Waals surface area contributed by atoms with E-state index in [1.807, 2.05) is 6.20 Å². The van der Waals surface area contributed by atoms with Crippen LogP contribution < -0.4 is 0 Å². The molecule has 2 aromatic rings. The van der Waals surface area contributed by atoms with Crippen LogP contribution in [0.2, 0.25) is 5.02 Å². The van der Waals surface area contributed by atoms with E-state index in [-0.39, 0.29) is 0 Å². The summed E-state index contributed by atoms with van der Waals surface area (Å²) in [5.41, 5.74) is 2.48. The number of benzene rings is 1. The number of aromatic amines is 1. The van der Waals surface area contributed by atoms with Crippen LogP contribution in [0.3, 0.4) is 0 Å². The third-order valence-electron chi connectivity index (χ3n) is 2.83. The summed E-state index contributed by atoms with van der Waals surface area (Å²) in [4.78, 5) is 3.18. The van der Waals surface area contributed by atoms with E-state index >= 15 is 0 Å². The molecule has 1 aromatic heterocycles. The van der Waals surface area contributed by atoms with Gasteiger partial charge in [0.1, 0.15) is 0 Å². The van der Waals surface area contributed by atoms with Gasteiger partial charge in [0.2, 0.25) is 0 Å². The number of fused-ring (bicyclic) bond motifs is 1. The Morgan fingerprint density at radius 3 is 2.93 bits per heavy atom. The Bertz CT molecular complexity index is 445. The van der Waals surface area contributed by atoms with Gasteiger partial charge in [-0.25, -0.2) is 0 Å². The zero-order valence-electron chi connectivity index (χ0n) is 8.47. The molecule has 0 aliphatic heterocycles. The molecule has 1 aromatic carbocycles. The smallest absolute Gasteiger partial charge is 0.0662 e. The van der Waals surface area contributed by atoms with E-state index < -0.39 is 0 Å². The Hall–Kier alpha value is -0.950. The van der Waals surface area contributed by atoms with Crippen LogP contribution in [0, 0.1) is 0 Å². The molecule has 0 aliphatic rings. The van der Waals surface area contributed by atoms with Crippen molar-refractivity contribution in [2.75, 3.05) is 0 Å². The molecule has 0 amide bonds. The van der Waals surface area contributed by atoms with Crippen LogP contribution in [0.25, 0.3) is 10.9 Å². The van der Waals surface area contributed by atoms with Gasteiger partial charge in [0.15, 0.2) is 0 Å². The van der Waals surface area contributed by atoms with E-state index in [1.54, 1.807) is 0 Å². The van der Waals surface area contributed by atoms with Crippen LogP contribution in [0.5, 0.6) is 0 Å². The first-order valence-electron chi connectivity index (χ1n) is 4.99. The Labute approximate surface area is 89.1 Å². The fourth-order valence-electron chi connectivity index (χ4n) is 1.80. The predicted octanol–water partition coefficient (Wildman–Crippen LogP) is 4.33. The minimum Gasteiger partial charge on any atom is -0.360 e. The van der Waals surface area contributed by atoms with Gasteiger partial charge < -0.3 is 4.98 Å². The molecular weight excluding hydrogens is 194 g/mol. The second-order valence-corrected chi connectivity index (χ2v) is 4.12. The molecule has 74 valence electrons. The molecule has 1 atom stereocenters. The van der Waals surface area contributed by atoms with Crippen molar-refractivity contribution >= 4 is 22.5 Å². The first-order valence-corrected chi connectivity index (χ1v) is 5.37. The van der Waals surface area contributed by atoms with Gasteiger partial charge in [0.25, 0.3) is 0 Å². The molecule has 0 fully saturated rings. The van der Waals surface area contributed by atoms with Gasteiger partial charge in [0, 0.05) is 17.1 Å². The van der Waals surface area contributed by atoms with Crippen LogP contribution in [0.15, 0.2) is 24.4 Å². The van der Waals surface area contributed by atoms with Crippen molar-refractivity contribution in [1.82, 2.24) is 4.98 Å². The average molecular weight is 208 g/mol. The topological polar surface area (TPSA) is 15.8 Å². The number of hydrogen-bond donors (Lipinski definition) is 1. The normalized spacial score (nSPS) is 13.4. The standard InChI is InChI=1S/C12H14ClN/c1-3-8(2)9-5-4-6-11-12(9)10(13)7-14-11/h4-8,14H,3H2,1-2H3. The van der Waals surface area contributed by atoms with Gasteiger partial charge in [-0.05, 0) is 24.0 Å². The highest BCUT2D eigenvalue weighted by molar-refractivity contribution is 6.35. The number of H-pyrrole nitrogens is 1. The fourth-order valence-corrected chi connectivity index (χ4v) is 2.07. The lowest BCUT2D eigenvalue weighted by atomic mass is 9.95. The number of rotatable bonds is 2. The summed E-state index contributed by atoms with van der Waals surface area (Å²) in [6.07, 6.45) is 3.00. The van der Waals surface area contributed by atoms with Gasteiger partial charge in [-0.3, -0.25) is 0 Å². The molecule has 0 saturated carbocycles. The van der Waals surface area contributed by atoms with Crippen LogP contribution in [-0.2, 0) is 0 Å². The summed E-state index contributed by atoms with van der Waals surface area (Å²) in [5, 5.41) is 2.01. The average Bonchev–Trinajstić information content (AvgIpc) is 2.59. The van der Waals surface area contributed by atoms with E-state index in [9.17, 15) is 0 Å². The van der Waals surface area contributed by atoms with Gasteiger partial charge >= 0.3 is 0 Å². The maximum Gasteiger partial charge on any atom is 0.0662 e. The largest absolute Gasteiger partial charge is 0.360 e. The Morgan fingerprint density at radius 1 is 1.43 bits per heavy atom. The number of nitrogens with one attached hydrogen (secondary N) is 1. The zero-order chi connectivity index (χ0) is 10.1. The molecule has 1 unspecified atom stereocenters. The maximum atomic E-state index is 6.15. The summed E-state index contributed by atoms with van der Waals surface area (Å²) in [6.45, 7) is 4.43. The van der Waals surface area contributed by atoms with Crippen molar-refractivity contribution in [2.45, 2.75) is 26.2 Å². The molecule has 2 rings (SSSR count). The third-order valence-corrected chi connectivity index (χ3v) is 3.13. The molecule has 0 aliphatic carbocycles. The Kier molecular flexibility index (Phi) is 2.51. The van der Waals surface area contributed by atoms with E-state index in [0.717, 1.165) is 17.0 Å². The Balaban J connectivity index is 2.69. The Morgan fingerprint density at radius 2 is 2.21 bits per heavy atom. The minimum absolute atomic E-state index is 0.562. The van der Waals surface area contributed by atoms with Crippen LogP contribution in [0.1, 0.15) is 31.7 Å². The first kappa shape index (κ1) is 9.60. The molecule has 14 heavy (non-hydrogen) atoms. The molecule has 2 heteroatoms. The van der Waals surface area contributed by atoms with Crippen molar-refractivity contribution in [3.8, 4) is 0 Å². The van der Waals surface area contributed by atoms with Crippen LogP contribution >= 0.6 is 11.6 Å². The molecule has 0 saturated heterocycles. The molecule has 1 nitrogen and oxygen atoms in total. The van der Waals surface area contributed by atoms with Crippen molar-refractivity contribution in [3.63, 3.8) is 0 Å². The predicted molar refractivity (Wildman–Crippen MR) is 62.0 cm³/mol. The monoisotopic (exact) mass is 207 g/mol. The molecule has 0 radical (unpaired) electrons. The SMILES string of the molecule is CCC(C)c1cccc2[nH]cc(Cl)c12. The quantitative estimate of drug-likeness (QED) is 0.754. The second-order valence-electron chi connectivity index (χ2n) is 3.72. The lowest BCUT2D eigenvalue weighted by Gasteiger charge is -2.10. The third kappa shape index (κ3) is 1.42. The van der Waals surface area contributed by atoms with Gasteiger partial charge in [-0.1, -0.05) is 37.6 Å². The summed E-state index contributed by atoms with van der Waals surface area (Å²) in [6, 6.07) is 6.31. The van der Waals surface area contributed by atoms with Crippen molar-refractivity contribution in [2.24, 2.45) is 0 Å². The lowest BCUT2D eigenvalue weighted by molar-refractivity contribution is 0.740. The summed E-state index contributed by atoms with van der Waals surface area (Å²) >= 11 is 6.15. The van der Waals surface area contributed by atoms with Crippen molar-refractivity contribution < 1.29 is 0 Å².